The van der Waals surface area contributed by atoms with Crippen molar-refractivity contribution in [3.63, 3.8) is 0 Å². The Bertz CT molecular complexity index is 425. The zero-order valence-corrected chi connectivity index (χ0v) is 12.3. The minimum Gasteiger partial charge on any atom is -0.354 e. The summed E-state index contributed by atoms with van der Waals surface area (Å²) < 4.78 is 0. The van der Waals surface area contributed by atoms with E-state index in [1.54, 1.807) is 0 Å². The van der Waals surface area contributed by atoms with Gasteiger partial charge in [0.05, 0.1) is 0 Å². The molecule has 1 fully saturated rings. The van der Waals surface area contributed by atoms with E-state index in [-0.39, 0.29) is 5.54 Å². The van der Waals surface area contributed by atoms with Crippen molar-refractivity contribution in [2.75, 3.05) is 36.2 Å². The summed E-state index contributed by atoms with van der Waals surface area (Å²) in [6, 6.07) is 0. The van der Waals surface area contributed by atoms with E-state index in [0.717, 1.165) is 6.54 Å². The molecule has 6 nitrogen and oxygen atoms in total. The van der Waals surface area contributed by atoms with Crippen LogP contribution in [0.1, 0.15) is 39.5 Å². The third-order valence-electron chi connectivity index (χ3n) is 3.48. The lowest BCUT2D eigenvalue weighted by atomic mass is 10.0. The molecule has 0 amide bonds. The number of nitrogens with one attached hydrogen (secondary N) is 2. The standard InChI is InChI=1S/C13H24N6/c1-5-14-10-15-11(17-12(16-10)19(3)4)18-13(2)8-6-7-9-13/h5-9H2,1-4H3,(H2,14,15,16,17,18). The lowest BCUT2D eigenvalue weighted by Gasteiger charge is -2.25. The van der Waals surface area contributed by atoms with Gasteiger partial charge in [0.15, 0.2) is 0 Å². The Balaban J connectivity index is 2.22. The zero-order valence-electron chi connectivity index (χ0n) is 12.3. The van der Waals surface area contributed by atoms with Crippen molar-refractivity contribution in [3.8, 4) is 0 Å². The average molecular weight is 264 g/mol. The smallest absolute Gasteiger partial charge is 0.231 e. The average Bonchev–Trinajstić information content (AvgIpc) is 2.75. The first-order valence-corrected chi connectivity index (χ1v) is 6.98. The maximum atomic E-state index is 4.48. The molecule has 0 radical (unpaired) electrons. The molecule has 0 atom stereocenters. The molecular weight excluding hydrogens is 240 g/mol. The van der Waals surface area contributed by atoms with Gasteiger partial charge in [-0.3, -0.25) is 0 Å². The summed E-state index contributed by atoms with van der Waals surface area (Å²) in [5.74, 6) is 1.97. The summed E-state index contributed by atoms with van der Waals surface area (Å²) in [6.07, 6.45) is 4.89. The van der Waals surface area contributed by atoms with Crippen molar-refractivity contribution < 1.29 is 0 Å². The Morgan fingerprint density at radius 2 is 1.74 bits per heavy atom. The summed E-state index contributed by atoms with van der Waals surface area (Å²) in [5.41, 5.74) is 0.119. The molecule has 1 saturated carbocycles. The second-order valence-corrected chi connectivity index (χ2v) is 5.60. The lowest BCUT2D eigenvalue weighted by Crippen LogP contribution is -2.32. The molecule has 0 spiro atoms. The molecule has 0 aromatic carbocycles. The molecule has 1 aliphatic rings. The lowest BCUT2D eigenvalue weighted by molar-refractivity contribution is 0.528. The van der Waals surface area contributed by atoms with E-state index in [2.05, 4.69) is 32.5 Å². The maximum absolute atomic E-state index is 4.48. The fourth-order valence-electron chi connectivity index (χ4n) is 2.41. The second-order valence-electron chi connectivity index (χ2n) is 5.60. The molecule has 0 unspecified atom stereocenters. The van der Waals surface area contributed by atoms with Crippen molar-refractivity contribution in [2.45, 2.75) is 45.1 Å². The second kappa shape index (κ2) is 5.59. The minimum atomic E-state index is 0.119. The molecule has 106 valence electrons. The highest BCUT2D eigenvalue weighted by atomic mass is 15.3. The van der Waals surface area contributed by atoms with Crippen LogP contribution in [0.2, 0.25) is 0 Å². The molecule has 6 heteroatoms. The van der Waals surface area contributed by atoms with Crippen LogP contribution in [0, 0.1) is 0 Å². The van der Waals surface area contributed by atoms with Gasteiger partial charge in [0.1, 0.15) is 0 Å². The highest BCUT2D eigenvalue weighted by Gasteiger charge is 2.29. The van der Waals surface area contributed by atoms with Gasteiger partial charge in [-0.2, -0.15) is 15.0 Å². The van der Waals surface area contributed by atoms with Crippen LogP contribution < -0.4 is 15.5 Å². The third kappa shape index (κ3) is 3.45. The highest BCUT2D eigenvalue weighted by molar-refractivity contribution is 5.44. The molecule has 1 aromatic rings. The number of anilines is 3. The van der Waals surface area contributed by atoms with Crippen LogP contribution in [0.15, 0.2) is 0 Å². The summed E-state index contributed by atoms with van der Waals surface area (Å²) in [6.45, 7) is 5.07. The number of rotatable bonds is 5. The van der Waals surface area contributed by atoms with Crippen molar-refractivity contribution in [2.24, 2.45) is 0 Å². The molecule has 0 saturated heterocycles. The van der Waals surface area contributed by atoms with Crippen LogP contribution in [0.5, 0.6) is 0 Å². The molecule has 0 aliphatic heterocycles. The van der Waals surface area contributed by atoms with Gasteiger partial charge >= 0.3 is 0 Å². The van der Waals surface area contributed by atoms with Gasteiger partial charge in [-0.1, -0.05) is 12.8 Å². The fraction of sp³-hybridized carbons (Fsp3) is 0.769. The van der Waals surface area contributed by atoms with Gasteiger partial charge in [0.2, 0.25) is 17.8 Å². The third-order valence-corrected chi connectivity index (χ3v) is 3.48. The van der Waals surface area contributed by atoms with E-state index in [0.29, 0.717) is 17.8 Å². The van der Waals surface area contributed by atoms with Crippen molar-refractivity contribution in [1.29, 1.82) is 0 Å². The zero-order chi connectivity index (χ0) is 13.9. The Labute approximate surface area is 115 Å². The predicted octanol–water partition coefficient (Wildman–Crippen LogP) is 2.11. The molecule has 0 bridgehead atoms. The number of hydrogen-bond donors (Lipinski definition) is 2. The van der Waals surface area contributed by atoms with Crippen LogP contribution in [-0.2, 0) is 0 Å². The Kier molecular flexibility index (Phi) is 4.07. The summed E-state index contributed by atoms with van der Waals surface area (Å²) in [5, 5.41) is 6.63. The largest absolute Gasteiger partial charge is 0.354 e. The van der Waals surface area contributed by atoms with Gasteiger partial charge in [0.25, 0.3) is 0 Å². The number of nitrogens with zero attached hydrogens (tertiary/aromatic N) is 4. The first kappa shape index (κ1) is 13.8. The first-order valence-electron chi connectivity index (χ1n) is 6.98. The van der Waals surface area contributed by atoms with Crippen LogP contribution >= 0.6 is 0 Å². The minimum absolute atomic E-state index is 0.119. The van der Waals surface area contributed by atoms with Gasteiger partial charge in [-0.05, 0) is 26.7 Å². The van der Waals surface area contributed by atoms with Crippen molar-refractivity contribution >= 4 is 17.8 Å². The van der Waals surface area contributed by atoms with Gasteiger partial charge in [0, 0.05) is 26.2 Å². The Morgan fingerprint density at radius 1 is 1.11 bits per heavy atom. The van der Waals surface area contributed by atoms with Crippen molar-refractivity contribution in [1.82, 2.24) is 15.0 Å². The maximum Gasteiger partial charge on any atom is 0.231 e. The quantitative estimate of drug-likeness (QED) is 0.849. The van der Waals surface area contributed by atoms with Crippen LogP contribution in [-0.4, -0.2) is 41.1 Å². The van der Waals surface area contributed by atoms with Gasteiger partial charge < -0.3 is 15.5 Å². The van der Waals surface area contributed by atoms with E-state index in [4.69, 9.17) is 0 Å². The van der Waals surface area contributed by atoms with E-state index >= 15 is 0 Å². The molecule has 19 heavy (non-hydrogen) atoms. The molecule has 1 heterocycles. The summed E-state index contributed by atoms with van der Waals surface area (Å²) in [4.78, 5) is 15.2. The van der Waals surface area contributed by atoms with Crippen LogP contribution in [0.25, 0.3) is 0 Å². The summed E-state index contributed by atoms with van der Waals surface area (Å²) in [7, 11) is 3.87. The SMILES string of the molecule is CCNc1nc(NC2(C)CCCC2)nc(N(C)C)n1. The first-order chi connectivity index (χ1) is 9.02. The molecular formula is C13H24N6. The van der Waals surface area contributed by atoms with E-state index in [1.807, 2.05) is 25.9 Å². The number of aromatic nitrogens is 3. The highest BCUT2D eigenvalue weighted by Crippen LogP contribution is 2.31. The molecule has 2 rings (SSSR count). The number of hydrogen-bond acceptors (Lipinski definition) is 6. The van der Waals surface area contributed by atoms with E-state index in [1.165, 1.54) is 25.7 Å². The molecule has 1 aliphatic carbocycles. The van der Waals surface area contributed by atoms with Gasteiger partial charge in [-0.15, -0.1) is 0 Å². The fourth-order valence-corrected chi connectivity index (χ4v) is 2.41. The Morgan fingerprint density at radius 3 is 2.32 bits per heavy atom. The van der Waals surface area contributed by atoms with Crippen molar-refractivity contribution in [3.05, 3.63) is 0 Å². The molecule has 2 N–H and O–H groups in total. The van der Waals surface area contributed by atoms with Crippen LogP contribution in [0.4, 0.5) is 17.8 Å². The predicted molar refractivity (Wildman–Crippen MR) is 78.8 cm³/mol. The van der Waals surface area contributed by atoms with E-state index in [9.17, 15) is 0 Å². The monoisotopic (exact) mass is 264 g/mol. The Hall–Kier alpha value is -1.59. The van der Waals surface area contributed by atoms with E-state index < -0.39 is 0 Å². The van der Waals surface area contributed by atoms with Gasteiger partial charge in [-0.25, -0.2) is 0 Å². The normalized spacial score (nSPS) is 17.3. The summed E-state index contributed by atoms with van der Waals surface area (Å²) >= 11 is 0. The van der Waals surface area contributed by atoms with Crippen LogP contribution in [0.3, 0.4) is 0 Å². The molecule has 1 aromatic heterocycles. The topological polar surface area (TPSA) is 66.0 Å².